The van der Waals surface area contributed by atoms with Gasteiger partial charge in [0.25, 0.3) is 0 Å². The van der Waals surface area contributed by atoms with Crippen LogP contribution in [0.15, 0.2) is 23.8 Å². The molecule has 0 aromatic carbocycles. The zero-order chi connectivity index (χ0) is 16.9. The molecular weight excluding hydrogens is 330 g/mol. The van der Waals surface area contributed by atoms with Gasteiger partial charge in [0.05, 0.1) is 6.54 Å². The van der Waals surface area contributed by atoms with Crippen molar-refractivity contribution in [2.24, 2.45) is 5.41 Å². The third-order valence-corrected chi connectivity index (χ3v) is 7.00. The Hall–Kier alpha value is -1.53. The number of hydrogen-bond acceptors (Lipinski definition) is 6. The van der Waals surface area contributed by atoms with Crippen LogP contribution in [-0.4, -0.2) is 46.0 Å². The van der Waals surface area contributed by atoms with Gasteiger partial charge in [-0.25, -0.2) is 15.0 Å². The summed E-state index contributed by atoms with van der Waals surface area (Å²) in [4.78, 5) is 18.7. The molecule has 2 aliphatic carbocycles. The fourth-order valence-electron chi connectivity index (χ4n) is 4.40. The van der Waals surface area contributed by atoms with Crippen LogP contribution in [0, 0.1) is 5.41 Å². The van der Waals surface area contributed by atoms with Gasteiger partial charge in [0.15, 0.2) is 0 Å². The van der Waals surface area contributed by atoms with Gasteiger partial charge in [-0.15, -0.1) is 11.3 Å². The Labute approximate surface area is 153 Å². The number of thiazole rings is 1. The van der Waals surface area contributed by atoms with E-state index in [1.165, 1.54) is 37.1 Å². The van der Waals surface area contributed by atoms with Crippen LogP contribution in [0.4, 0.5) is 5.82 Å². The molecule has 0 bridgehead atoms. The normalized spacial score (nSPS) is 24.9. The molecule has 0 amide bonds. The molecule has 2 saturated carbocycles. The maximum Gasteiger partial charge on any atom is 0.133 e. The fourth-order valence-corrected chi connectivity index (χ4v) is 5.08. The lowest BCUT2D eigenvalue weighted by atomic mass is 9.92. The molecule has 3 heterocycles. The summed E-state index contributed by atoms with van der Waals surface area (Å²) in [6, 6.07) is 2.81. The lowest BCUT2D eigenvalue weighted by Crippen LogP contribution is -2.38. The highest BCUT2D eigenvalue weighted by atomic mass is 32.1. The number of hydrogen-bond donors (Lipinski definition) is 0. The van der Waals surface area contributed by atoms with Gasteiger partial charge in [-0.2, -0.15) is 0 Å². The average molecular weight is 356 g/mol. The molecule has 2 aromatic heterocycles. The first-order chi connectivity index (χ1) is 12.2. The second kappa shape index (κ2) is 6.02. The van der Waals surface area contributed by atoms with E-state index in [-0.39, 0.29) is 0 Å². The van der Waals surface area contributed by atoms with E-state index >= 15 is 0 Å². The molecule has 2 aromatic rings. The fraction of sp³-hybridized carbons (Fsp3) is 0.632. The summed E-state index contributed by atoms with van der Waals surface area (Å²) in [6.07, 6.45) is 10.3. The van der Waals surface area contributed by atoms with Crippen molar-refractivity contribution in [2.75, 3.05) is 25.0 Å². The van der Waals surface area contributed by atoms with Crippen molar-refractivity contribution in [2.45, 2.75) is 50.6 Å². The molecule has 0 radical (unpaired) electrons. The third-order valence-electron chi connectivity index (χ3n) is 6.23. The van der Waals surface area contributed by atoms with Crippen LogP contribution >= 0.6 is 11.3 Å². The predicted octanol–water partition coefficient (Wildman–Crippen LogP) is 3.30. The number of anilines is 1. The summed E-state index contributed by atoms with van der Waals surface area (Å²) >= 11 is 1.76. The van der Waals surface area contributed by atoms with Crippen molar-refractivity contribution in [1.29, 1.82) is 0 Å². The Morgan fingerprint density at radius 1 is 1.24 bits per heavy atom. The van der Waals surface area contributed by atoms with Crippen LogP contribution in [0.3, 0.4) is 0 Å². The van der Waals surface area contributed by atoms with Crippen molar-refractivity contribution in [3.8, 4) is 0 Å². The van der Waals surface area contributed by atoms with Gasteiger partial charge in [0.2, 0.25) is 0 Å². The first kappa shape index (κ1) is 15.7. The maximum absolute atomic E-state index is 4.83. The number of rotatable bonds is 5. The lowest BCUT2D eigenvalue weighted by molar-refractivity contribution is 0.238. The van der Waals surface area contributed by atoms with Crippen LogP contribution in [0.25, 0.3) is 0 Å². The van der Waals surface area contributed by atoms with Gasteiger partial charge in [0, 0.05) is 42.8 Å². The van der Waals surface area contributed by atoms with Gasteiger partial charge >= 0.3 is 0 Å². The van der Waals surface area contributed by atoms with E-state index in [9.17, 15) is 0 Å². The Kier molecular flexibility index (Phi) is 3.78. The molecule has 25 heavy (non-hydrogen) atoms. The summed E-state index contributed by atoms with van der Waals surface area (Å²) < 4.78 is 0. The van der Waals surface area contributed by atoms with Crippen molar-refractivity contribution >= 4 is 17.2 Å². The highest BCUT2D eigenvalue weighted by molar-refractivity contribution is 7.09. The van der Waals surface area contributed by atoms with Gasteiger partial charge in [0.1, 0.15) is 16.6 Å². The van der Waals surface area contributed by atoms with Crippen molar-refractivity contribution in [1.82, 2.24) is 19.9 Å². The molecule has 5 nitrogen and oxygen atoms in total. The van der Waals surface area contributed by atoms with Gasteiger partial charge in [-0.1, -0.05) is 0 Å². The van der Waals surface area contributed by atoms with Crippen molar-refractivity contribution in [3.05, 3.63) is 34.7 Å². The van der Waals surface area contributed by atoms with Crippen LogP contribution < -0.4 is 4.90 Å². The number of piperidine rings is 1. The quantitative estimate of drug-likeness (QED) is 0.823. The summed E-state index contributed by atoms with van der Waals surface area (Å²) in [7, 11) is 2.26. The van der Waals surface area contributed by atoms with E-state index in [1.807, 2.05) is 12.4 Å². The average Bonchev–Trinajstić information content (AvgIpc) is 3.55. The second-order valence-electron chi connectivity index (χ2n) is 7.96. The van der Waals surface area contributed by atoms with Gasteiger partial charge in [-0.3, -0.25) is 4.90 Å². The number of nitrogens with zero attached hydrogens (tertiary/aromatic N) is 5. The minimum Gasteiger partial charge on any atom is -0.356 e. The highest BCUT2D eigenvalue weighted by Crippen LogP contribution is 2.56. The summed E-state index contributed by atoms with van der Waals surface area (Å²) in [5.74, 6) is 2.83. The van der Waals surface area contributed by atoms with Gasteiger partial charge in [-0.05, 0) is 50.6 Å². The molecule has 0 N–H and O–H groups in total. The smallest absolute Gasteiger partial charge is 0.133 e. The minimum atomic E-state index is 0.537. The molecular formula is C19H25N5S. The molecule has 0 unspecified atom stereocenters. The zero-order valence-corrected chi connectivity index (χ0v) is 15.6. The third kappa shape index (κ3) is 3.06. The van der Waals surface area contributed by atoms with Crippen LogP contribution in [0.2, 0.25) is 0 Å². The molecule has 3 fully saturated rings. The first-order valence-corrected chi connectivity index (χ1v) is 10.3. The molecule has 1 spiro atoms. The molecule has 1 saturated heterocycles. The molecule has 1 atom stereocenters. The molecule has 6 heteroatoms. The SMILES string of the molecule is CN(Cc1nccs1)[C@@H]1CC12CCN(c1ccnc(C3CC3)n1)CC2. The Balaban J connectivity index is 1.20. The van der Waals surface area contributed by atoms with Crippen molar-refractivity contribution < 1.29 is 0 Å². The van der Waals surface area contributed by atoms with Crippen molar-refractivity contribution in [3.63, 3.8) is 0 Å². The van der Waals surface area contributed by atoms with E-state index in [2.05, 4.69) is 38.3 Å². The molecule has 5 rings (SSSR count). The topological polar surface area (TPSA) is 45.2 Å². The Bertz CT molecular complexity index is 734. The van der Waals surface area contributed by atoms with E-state index < -0.39 is 0 Å². The summed E-state index contributed by atoms with van der Waals surface area (Å²) in [5.41, 5.74) is 0.537. The van der Waals surface area contributed by atoms with E-state index in [0.29, 0.717) is 11.3 Å². The molecule has 132 valence electrons. The monoisotopic (exact) mass is 355 g/mol. The Morgan fingerprint density at radius 3 is 2.80 bits per heavy atom. The van der Waals surface area contributed by atoms with Crippen LogP contribution in [0.1, 0.15) is 48.9 Å². The van der Waals surface area contributed by atoms with Crippen LogP contribution in [0.5, 0.6) is 0 Å². The van der Waals surface area contributed by atoms with Crippen LogP contribution in [-0.2, 0) is 6.54 Å². The molecule has 1 aliphatic heterocycles. The Morgan fingerprint density at radius 2 is 2.08 bits per heavy atom. The van der Waals surface area contributed by atoms with Gasteiger partial charge < -0.3 is 4.90 Å². The molecule has 3 aliphatic rings. The highest BCUT2D eigenvalue weighted by Gasteiger charge is 2.56. The standard InChI is InChI=1S/C19H25N5S/c1-23(13-17-20-8-11-25-17)15-12-19(15)5-9-24(10-6-19)16-4-7-21-18(22-16)14-2-3-14/h4,7-8,11,14-15H,2-3,5-6,9-10,12-13H2,1H3/t15-/m1/s1. The summed E-state index contributed by atoms with van der Waals surface area (Å²) in [5, 5.41) is 3.30. The second-order valence-corrected chi connectivity index (χ2v) is 8.94. The number of aromatic nitrogens is 3. The first-order valence-electron chi connectivity index (χ1n) is 9.40. The minimum absolute atomic E-state index is 0.537. The maximum atomic E-state index is 4.83. The lowest BCUT2D eigenvalue weighted by Gasteiger charge is -2.34. The summed E-state index contributed by atoms with van der Waals surface area (Å²) in [6.45, 7) is 3.25. The largest absolute Gasteiger partial charge is 0.356 e. The predicted molar refractivity (Wildman–Crippen MR) is 99.9 cm³/mol. The van der Waals surface area contributed by atoms with E-state index in [1.54, 1.807) is 11.3 Å². The van der Waals surface area contributed by atoms with E-state index in [0.717, 1.165) is 37.3 Å². The van der Waals surface area contributed by atoms with E-state index in [4.69, 9.17) is 4.98 Å². The zero-order valence-electron chi connectivity index (χ0n) is 14.8.